The predicted molar refractivity (Wildman–Crippen MR) is 186 cm³/mol. The Morgan fingerprint density at radius 1 is 0.724 bits per heavy atom. The Bertz CT molecular complexity index is 2230. The molecule has 0 radical (unpaired) electrons. The topological polar surface area (TPSA) is 316 Å². The van der Waals surface area contributed by atoms with Crippen molar-refractivity contribution in [2.24, 2.45) is 20.5 Å². The molecule has 22 nitrogen and oxygen atoms in total. The maximum atomic E-state index is 13.0. The van der Waals surface area contributed by atoms with E-state index in [2.05, 4.69) is 48.6 Å². The summed E-state index contributed by atoms with van der Waals surface area (Å²) in [6, 6.07) is 12.3. The number of aryl methyl sites for hydroxylation is 1. The number of hydrogen-bond acceptors (Lipinski definition) is 25. The molecular formula is C28H26N5Na3O17S5. The summed E-state index contributed by atoms with van der Waals surface area (Å²) in [7, 11) is -6.43. The smallest absolute Gasteiger partial charge is 0.691 e. The van der Waals surface area contributed by atoms with Crippen molar-refractivity contribution in [2.45, 2.75) is 21.6 Å². The van der Waals surface area contributed by atoms with Gasteiger partial charge >= 0.3 is 88.7 Å². The van der Waals surface area contributed by atoms with Crippen molar-refractivity contribution >= 4 is 95.6 Å². The molecule has 0 aliphatic carbocycles. The van der Waals surface area contributed by atoms with Crippen molar-refractivity contribution in [1.82, 2.24) is 0 Å². The van der Waals surface area contributed by atoms with Gasteiger partial charge in [-0.3, -0.25) is 23.5 Å². The minimum atomic E-state index is -3.92. The van der Waals surface area contributed by atoms with Crippen molar-refractivity contribution in [2.75, 3.05) is 37.6 Å². The average molecular weight is 934 g/mol. The Morgan fingerprint density at radius 3 is 1.90 bits per heavy atom. The Labute approximate surface area is 409 Å². The molecule has 0 fully saturated rings. The second-order valence-corrected chi connectivity index (χ2v) is 16.2. The first-order valence-electron chi connectivity index (χ1n) is 14.7. The van der Waals surface area contributed by atoms with E-state index >= 15 is 0 Å². The van der Waals surface area contributed by atoms with E-state index in [-0.39, 0.29) is 192 Å². The van der Waals surface area contributed by atoms with Crippen LogP contribution in [0.1, 0.15) is 5.56 Å². The molecule has 30 heteroatoms. The first-order valence-corrected chi connectivity index (χ1v) is 20.0. The van der Waals surface area contributed by atoms with E-state index in [0.717, 1.165) is 0 Å². The Kier molecular flexibility index (Phi) is 26.1. The van der Waals surface area contributed by atoms with E-state index in [1.165, 1.54) is 68.6 Å². The summed E-state index contributed by atoms with van der Waals surface area (Å²) in [6.07, 6.45) is 0. The molecule has 0 heterocycles. The number of azo groups is 2. The summed E-state index contributed by atoms with van der Waals surface area (Å²) >= 11 is 0.724. The fourth-order valence-electron chi connectivity index (χ4n) is 4.55. The molecule has 0 spiro atoms. The SMILES string of the molecule is COc1cc(S(=O)(=O)CCOSOO[O-])c(C)cc1N=Nc1c(SOO[O-])cc2c(N=Nc3ccc(S(=O)(=O)CCOSOO[O-])cc3)c(N)ccc2c1O.[Na+].[Na+].[Na+]. The van der Waals surface area contributed by atoms with E-state index in [9.17, 15) is 37.7 Å². The standard InChI is InChI=1S/C28H29N5O17S5.3Na/c1-16-13-22(23(42-2)15-25(16)55(40,41)12-10-44-53-50-47-37)31-33-27-24(51-48-45-35)14-20-19(28(27)34)7-8-21(29)26(20)32-30-17-3-5-18(6-4-17)54(38,39)11-9-43-52-49-46-36;;;/h3-8,13-15,34-37H,9-12,29H2,1-2H3;;;/q;3*+1/p-3. The Morgan fingerprint density at radius 2 is 1.31 bits per heavy atom. The molecule has 0 aliphatic rings. The Balaban J connectivity index is 0.00000561. The van der Waals surface area contributed by atoms with E-state index in [4.69, 9.17) is 18.8 Å². The van der Waals surface area contributed by atoms with Crippen LogP contribution in [0.4, 0.5) is 28.4 Å². The minimum Gasteiger partial charge on any atom is -0.691 e. The third-order valence-corrected chi connectivity index (χ3v) is 11.9. The molecule has 298 valence electrons. The second-order valence-electron chi connectivity index (χ2n) is 10.3. The van der Waals surface area contributed by atoms with Crippen molar-refractivity contribution in [3.8, 4) is 11.5 Å². The molecule has 58 heavy (non-hydrogen) atoms. The zero-order chi connectivity index (χ0) is 40.0. The molecule has 4 aromatic carbocycles. The molecule has 0 aromatic heterocycles. The van der Waals surface area contributed by atoms with E-state index in [1.54, 1.807) is 0 Å². The van der Waals surface area contributed by atoms with E-state index in [1.807, 2.05) is 0 Å². The van der Waals surface area contributed by atoms with E-state index in [0.29, 0.717) is 12.0 Å². The maximum Gasteiger partial charge on any atom is 1.00 e. The van der Waals surface area contributed by atoms with Gasteiger partial charge in [-0.1, -0.05) is 0 Å². The van der Waals surface area contributed by atoms with Crippen LogP contribution in [0.2, 0.25) is 0 Å². The van der Waals surface area contributed by atoms with Crippen LogP contribution < -0.4 is 115 Å². The number of ether oxygens (including phenoxy) is 1. The number of nitrogens with two attached hydrogens (primary N) is 1. The Hall–Kier alpha value is -0.750. The second kappa shape index (κ2) is 27.3. The molecule has 0 atom stereocenters. The van der Waals surface area contributed by atoms with Gasteiger partial charge in [0.1, 0.15) is 22.8 Å². The molecule has 0 bridgehead atoms. The first kappa shape index (κ1) is 55.3. The number of rotatable bonds is 22. The molecule has 4 rings (SSSR count). The van der Waals surface area contributed by atoms with Crippen LogP contribution in [0.25, 0.3) is 10.8 Å². The maximum absolute atomic E-state index is 13.0. The normalized spacial score (nSPS) is 11.7. The van der Waals surface area contributed by atoms with Gasteiger partial charge in [-0.05, 0) is 61.0 Å². The van der Waals surface area contributed by atoms with Crippen LogP contribution >= 0.6 is 36.7 Å². The molecule has 4 aromatic rings. The number of methoxy groups -OCH3 is 1. The van der Waals surface area contributed by atoms with Crippen molar-refractivity contribution in [3.05, 3.63) is 60.2 Å². The first-order chi connectivity index (χ1) is 26.4. The number of hydrogen-bond donors (Lipinski definition) is 2. The van der Waals surface area contributed by atoms with Crippen LogP contribution in [0.5, 0.6) is 11.5 Å². The third kappa shape index (κ3) is 15.6. The van der Waals surface area contributed by atoms with Gasteiger partial charge in [0, 0.05) is 16.8 Å². The summed E-state index contributed by atoms with van der Waals surface area (Å²) in [4.78, 5) is -0.158. The van der Waals surface area contributed by atoms with Crippen LogP contribution in [0.15, 0.2) is 89.7 Å². The van der Waals surface area contributed by atoms with Crippen molar-refractivity contribution in [1.29, 1.82) is 0 Å². The number of nitrogens with zero attached hydrogens (tertiary/aromatic N) is 4. The fraction of sp³-hybridized carbons (Fsp3) is 0.214. The molecular weight excluding hydrogens is 908 g/mol. The van der Waals surface area contributed by atoms with Crippen LogP contribution in [-0.4, -0.2) is 53.8 Å². The molecule has 0 saturated heterocycles. The monoisotopic (exact) mass is 933 g/mol. The molecule has 0 unspecified atom stereocenters. The van der Waals surface area contributed by atoms with Crippen LogP contribution in [0, 0.1) is 6.92 Å². The number of nitrogen functional groups attached to an aromatic ring is 1. The summed E-state index contributed by atoms with van der Waals surface area (Å²) < 4.78 is 78.3. The van der Waals surface area contributed by atoms with Gasteiger partial charge in [0.05, 0.1) is 69.9 Å². The molecule has 0 saturated carbocycles. The van der Waals surface area contributed by atoms with Gasteiger partial charge in [0.25, 0.3) is 0 Å². The van der Waals surface area contributed by atoms with E-state index < -0.39 is 36.9 Å². The number of sulfone groups is 2. The number of phenols is 1. The number of phenolic OH excluding ortho intramolecular Hbond substituents is 1. The van der Waals surface area contributed by atoms with Gasteiger partial charge in [-0.2, -0.15) is 9.45 Å². The quantitative estimate of drug-likeness (QED) is 0.0141. The molecule has 3 N–H and O–H groups in total. The summed E-state index contributed by atoms with van der Waals surface area (Å²) in [5.74, 6) is -1.38. The zero-order valence-electron chi connectivity index (χ0n) is 30.9. The zero-order valence-corrected chi connectivity index (χ0v) is 41.0. The summed E-state index contributed by atoms with van der Waals surface area (Å²) in [5, 5.41) is 68.5. The largest absolute Gasteiger partial charge is 1.00 e. The summed E-state index contributed by atoms with van der Waals surface area (Å²) in [6.45, 7) is 0.858. The summed E-state index contributed by atoms with van der Waals surface area (Å²) in [5.41, 5.74) is 6.74. The number of aromatic hydroxyl groups is 1. The number of anilines is 1. The van der Waals surface area contributed by atoms with Gasteiger partial charge in [-0.25, -0.2) is 16.8 Å². The minimum absolute atomic E-state index is 0. The molecule has 0 aliphatic heterocycles. The van der Waals surface area contributed by atoms with Crippen LogP contribution in [0.3, 0.4) is 0 Å². The van der Waals surface area contributed by atoms with Crippen molar-refractivity contribution < 1.29 is 168 Å². The molecule has 0 amide bonds. The number of benzene rings is 4. The predicted octanol–water partition coefficient (Wildman–Crippen LogP) is -5.33. The van der Waals surface area contributed by atoms with Gasteiger partial charge in [0.2, 0.25) is 0 Å². The third-order valence-electron chi connectivity index (χ3n) is 7.00. The van der Waals surface area contributed by atoms with Gasteiger partial charge in [-0.15, -0.1) is 24.0 Å². The van der Waals surface area contributed by atoms with Crippen molar-refractivity contribution in [3.63, 3.8) is 0 Å². The van der Waals surface area contributed by atoms with Gasteiger partial charge in [0.15, 0.2) is 50.1 Å². The average Bonchev–Trinajstić information content (AvgIpc) is 3.16. The van der Waals surface area contributed by atoms with Gasteiger partial charge < -0.3 is 31.3 Å². The number of fused-ring (bicyclic) bond motifs is 1. The fourth-order valence-corrected chi connectivity index (χ4v) is 8.12. The van der Waals surface area contributed by atoms with Crippen LogP contribution in [-0.2, 0) is 56.2 Å².